The highest BCUT2D eigenvalue weighted by atomic mass is 16.5. The van der Waals surface area contributed by atoms with Crippen LogP contribution in [0.2, 0.25) is 0 Å². The van der Waals surface area contributed by atoms with Gasteiger partial charge in [-0.3, -0.25) is 4.98 Å². The number of nitrogens with one attached hydrogen (secondary N) is 1. The third kappa shape index (κ3) is 2.73. The Bertz CT molecular complexity index is 306. The number of aromatic nitrogens is 1. The summed E-state index contributed by atoms with van der Waals surface area (Å²) in [6, 6.07) is 3.75. The fourth-order valence-corrected chi connectivity index (χ4v) is 0.921. The smallest absolute Gasteiger partial charge is 0.101 e. The Morgan fingerprint density at radius 3 is 3.23 bits per heavy atom. The molecule has 1 N–H and O–H groups in total. The summed E-state index contributed by atoms with van der Waals surface area (Å²) in [5.74, 6) is 0. The van der Waals surface area contributed by atoms with Gasteiger partial charge in [0.1, 0.15) is 6.07 Å². The Morgan fingerprint density at radius 2 is 2.54 bits per heavy atom. The molecule has 0 bridgehead atoms. The van der Waals surface area contributed by atoms with Crippen molar-refractivity contribution in [3.8, 4) is 6.07 Å². The molecule has 0 aliphatic carbocycles. The zero-order valence-corrected chi connectivity index (χ0v) is 7.45. The quantitative estimate of drug-likeness (QED) is 0.697. The van der Waals surface area contributed by atoms with E-state index in [1.807, 2.05) is 0 Å². The van der Waals surface area contributed by atoms with E-state index in [1.54, 1.807) is 25.6 Å². The van der Waals surface area contributed by atoms with Crippen LogP contribution < -0.4 is 5.32 Å². The molecular weight excluding hydrogens is 166 g/mol. The average molecular weight is 177 g/mol. The summed E-state index contributed by atoms with van der Waals surface area (Å²) < 4.78 is 4.87. The SMILES string of the molecule is COCCNc1cnccc1C#N. The highest BCUT2D eigenvalue weighted by Gasteiger charge is 1.98. The van der Waals surface area contributed by atoms with Crippen molar-refractivity contribution < 1.29 is 4.74 Å². The van der Waals surface area contributed by atoms with Gasteiger partial charge in [-0.05, 0) is 6.07 Å². The highest BCUT2D eigenvalue weighted by Crippen LogP contribution is 2.10. The van der Waals surface area contributed by atoms with E-state index >= 15 is 0 Å². The van der Waals surface area contributed by atoms with Gasteiger partial charge in [-0.1, -0.05) is 0 Å². The summed E-state index contributed by atoms with van der Waals surface area (Å²) in [5, 5.41) is 11.8. The molecule has 0 saturated heterocycles. The lowest BCUT2D eigenvalue weighted by molar-refractivity contribution is 0.211. The van der Waals surface area contributed by atoms with Crippen LogP contribution in [0.5, 0.6) is 0 Å². The highest BCUT2D eigenvalue weighted by molar-refractivity contribution is 5.55. The van der Waals surface area contributed by atoms with Crippen LogP contribution in [0.25, 0.3) is 0 Å². The lowest BCUT2D eigenvalue weighted by Gasteiger charge is -2.05. The topological polar surface area (TPSA) is 57.9 Å². The van der Waals surface area contributed by atoms with E-state index in [-0.39, 0.29) is 0 Å². The molecule has 0 spiro atoms. The molecule has 1 aromatic heterocycles. The Labute approximate surface area is 77.2 Å². The number of methoxy groups -OCH3 is 1. The first-order valence-electron chi connectivity index (χ1n) is 3.95. The number of anilines is 1. The Kier molecular flexibility index (Phi) is 3.74. The van der Waals surface area contributed by atoms with Crippen molar-refractivity contribution >= 4 is 5.69 Å². The van der Waals surface area contributed by atoms with Crippen LogP contribution in [0.15, 0.2) is 18.5 Å². The molecule has 0 aromatic carbocycles. The normalized spacial score (nSPS) is 9.23. The first-order chi connectivity index (χ1) is 6.38. The number of nitriles is 1. The van der Waals surface area contributed by atoms with Crippen LogP contribution in [-0.2, 0) is 4.74 Å². The lowest BCUT2D eigenvalue weighted by atomic mass is 10.2. The van der Waals surface area contributed by atoms with Gasteiger partial charge in [0.05, 0.1) is 24.1 Å². The average Bonchev–Trinajstić information content (AvgIpc) is 2.19. The second kappa shape index (κ2) is 5.12. The van der Waals surface area contributed by atoms with E-state index in [4.69, 9.17) is 10.00 Å². The number of hydrogen-bond acceptors (Lipinski definition) is 4. The fourth-order valence-electron chi connectivity index (χ4n) is 0.921. The summed E-state index contributed by atoms with van der Waals surface area (Å²) in [7, 11) is 1.64. The van der Waals surface area contributed by atoms with Crippen LogP contribution in [0.1, 0.15) is 5.56 Å². The van der Waals surface area contributed by atoms with Gasteiger partial charge in [-0.15, -0.1) is 0 Å². The molecule has 1 rings (SSSR count). The second-order valence-corrected chi connectivity index (χ2v) is 2.45. The third-order valence-electron chi connectivity index (χ3n) is 1.56. The standard InChI is InChI=1S/C9H11N3O/c1-13-5-4-12-9-7-11-3-2-8(9)6-10/h2-3,7,12H,4-5H2,1H3. The lowest BCUT2D eigenvalue weighted by Crippen LogP contribution is -2.08. The summed E-state index contributed by atoms with van der Waals surface area (Å²) in [4.78, 5) is 3.92. The Balaban J connectivity index is 2.60. The maximum Gasteiger partial charge on any atom is 0.101 e. The molecule has 0 aliphatic rings. The van der Waals surface area contributed by atoms with Gasteiger partial charge in [-0.25, -0.2) is 0 Å². The molecule has 4 nitrogen and oxygen atoms in total. The summed E-state index contributed by atoms with van der Waals surface area (Å²) >= 11 is 0. The number of pyridine rings is 1. The fraction of sp³-hybridized carbons (Fsp3) is 0.333. The number of ether oxygens (including phenoxy) is 1. The molecule has 0 fully saturated rings. The number of rotatable bonds is 4. The van der Waals surface area contributed by atoms with E-state index in [0.29, 0.717) is 18.7 Å². The molecule has 0 saturated carbocycles. The number of hydrogen-bond donors (Lipinski definition) is 1. The van der Waals surface area contributed by atoms with Gasteiger partial charge in [-0.2, -0.15) is 5.26 Å². The van der Waals surface area contributed by atoms with Crippen LogP contribution >= 0.6 is 0 Å². The van der Waals surface area contributed by atoms with Crippen molar-refractivity contribution in [3.63, 3.8) is 0 Å². The molecule has 0 atom stereocenters. The maximum atomic E-state index is 8.73. The summed E-state index contributed by atoms with van der Waals surface area (Å²) in [6.45, 7) is 1.29. The molecule has 13 heavy (non-hydrogen) atoms. The Hall–Kier alpha value is -1.60. The minimum Gasteiger partial charge on any atom is -0.383 e. The summed E-state index contributed by atoms with van der Waals surface area (Å²) in [5.41, 5.74) is 1.35. The number of nitrogens with zero attached hydrogens (tertiary/aromatic N) is 2. The molecular formula is C9H11N3O. The largest absolute Gasteiger partial charge is 0.383 e. The Morgan fingerprint density at radius 1 is 1.69 bits per heavy atom. The van der Waals surface area contributed by atoms with E-state index in [9.17, 15) is 0 Å². The van der Waals surface area contributed by atoms with Gasteiger partial charge in [0.25, 0.3) is 0 Å². The molecule has 1 aromatic rings. The zero-order valence-electron chi connectivity index (χ0n) is 7.45. The van der Waals surface area contributed by atoms with Crippen LogP contribution in [0.3, 0.4) is 0 Å². The minimum atomic E-state index is 0.603. The van der Waals surface area contributed by atoms with Crippen molar-refractivity contribution in [1.29, 1.82) is 5.26 Å². The van der Waals surface area contributed by atoms with Gasteiger partial charge in [0.15, 0.2) is 0 Å². The predicted octanol–water partition coefficient (Wildman–Crippen LogP) is 1.01. The van der Waals surface area contributed by atoms with Crippen molar-refractivity contribution in [2.45, 2.75) is 0 Å². The third-order valence-corrected chi connectivity index (χ3v) is 1.56. The maximum absolute atomic E-state index is 8.73. The summed E-state index contributed by atoms with van der Waals surface area (Å²) in [6.07, 6.45) is 3.23. The molecule has 1 heterocycles. The van der Waals surface area contributed by atoms with Crippen LogP contribution in [0.4, 0.5) is 5.69 Å². The van der Waals surface area contributed by atoms with E-state index in [0.717, 1.165) is 5.69 Å². The van der Waals surface area contributed by atoms with Crippen molar-refractivity contribution in [2.75, 3.05) is 25.6 Å². The van der Waals surface area contributed by atoms with E-state index in [1.165, 1.54) is 0 Å². The first-order valence-corrected chi connectivity index (χ1v) is 3.95. The molecule has 0 unspecified atom stereocenters. The minimum absolute atomic E-state index is 0.603. The molecule has 0 aliphatic heterocycles. The van der Waals surface area contributed by atoms with Crippen LogP contribution in [0, 0.1) is 11.3 Å². The van der Waals surface area contributed by atoms with Gasteiger partial charge in [0.2, 0.25) is 0 Å². The molecule has 68 valence electrons. The van der Waals surface area contributed by atoms with Crippen molar-refractivity contribution in [3.05, 3.63) is 24.0 Å². The van der Waals surface area contributed by atoms with Gasteiger partial charge in [0, 0.05) is 19.9 Å². The second-order valence-electron chi connectivity index (χ2n) is 2.45. The van der Waals surface area contributed by atoms with Crippen molar-refractivity contribution in [1.82, 2.24) is 4.98 Å². The molecule has 0 amide bonds. The van der Waals surface area contributed by atoms with Gasteiger partial charge < -0.3 is 10.1 Å². The predicted molar refractivity (Wildman–Crippen MR) is 49.3 cm³/mol. The molecule has 0 radical (unpaired) electrons. The molecule has 4 heteroatoms. The van der Waals surface area contributed by atoms with Gasteiger partial charge >= 0.3 is 0 Å². The monoisotopic (exact) mass is 177 g/mol. The van der Waals surface area contributed by atoms with E-state index < -0.39 is 0 Å². The first kappa shape index (κ1) is 9.49. The zero-order chi connectivity index (χ0) is 9.52. The van der Waals surface area contributed by atoms with Crippen molar-refractivity contribution in [2.24, 2.45) is 0 Å². The van der Waals surface area contributed by atoms with E-state index in [2.05, 4.69) is 16.4 Å². The van der Waals surface area contributed by atoms with Crippen LogP contribution in [-0.4, -0.2) is 25.2 Å².